The van der Waals surface area contributed by atoms with Crippen molar-refractivity contribution in [3.63, 3.8) is 0 Å². The molecule has 0 heterocycles. The van der Waals surface area contributed by atoms with Crippen molar-refractivity contribution in [2.75, 3.05) is 11.9 Å². The number of fused-ring (bicyclic) bond motifs is 1. The molecule has 0 aromatic heterocycles. The molecular weight excluding hydrogens is 228 g/mol. The normalized spacial score (nSPS) is 10.1. The highest BCUT2D eigenvalue weighted by Gasteiger charge is 2.12. The molecule has 0 radical (unpaired) electrons. The molecule has 92 valence electrons. The molecule has 2 rings (SSSR count). The topological polar surface area (TPSA) is 58.2 Å². The van der Waals surface area contributed by atoms with E-state index in [0.29, 0.717) is 12.2 Å². The van der Waals surface area contributed by atoms with Gasteiger partial charge in [0.25, 0.3) is 0 Å². The van der Waals surface area contributed by atoms with Gasteiger partial charge in [-0.2, -0.15) is 0 Å². The third-order valence-corrected chi connectivity index (χ3v) is 2.55. The predicted octanol–water partition coefficient (Wildman–Crippen LogP) is 1.91. The van der Waals surface area contributed by atoms with Gasteiger partial charge in [0.2, 0.25) is 0 Å². The van der Waals surface area contributed by atoms with Crippen LogP contribution < -0.4 is 10.6 Å². The van der Waals surface area contributed by atoms with Crippen LogP contribution in [0.25, 0.3) is 10.8 Å². The van der Waals surface area contributed by atoms with E-state index in [2.05, 4.69) is 10.6 Å². The van der Waals surface area contributed by atoms with Gasteiger partial charge in [-0.3, -0.25) is 9.59 Å². The fraction of sp³-hybridized carbons (Fsp3) is 0.143. The summed E-state index contributed by atoms with van der Waals surface area (Å²) < 4.78 is 0. The summed E-state index contributed by atoms with van der Waals surface area (Å²) in [4.78, 5) is 22.8. The maximum Gasteiger partial charge on any atom is 0.313 e. The molecule has 2 amide bonds. The number of carbonyl (C=O) groups is 2. The standard InChI is InChI=1S/C14H14N2O2/c1-2-15-13(17)14(18)16-12-8-7-10-5-3-4-6-11(10)9-12/h3-9H,2H2,1H3,(H,15,17)(H,16,18). The molecular formula is C14H14N2O2. The van der Waals surface area contributed by atoms with Gasteiger partial charge in [-0.1, -0.05) is 30.3 Å². The number of benzene rings is 2. The zero-order valence-electron chi connectivity index (χ0n) is 10.1. The fourth-order valence-corrected chi connectivity index (χ4v) is 1.70. The SMILES string of the molecule is CCNC(=O)C(=O)Nc1ccc2ccccc2c1. The van der Waals surface area contributed by atoms with Crippen molar-refractivity contribution < 1.29 is 9.59 Å². The Labute approximate surface area is 105 Å². The van der Waals surface area contributed by atoms with Crippen LogP contribution in [0.15, 0.2) is 42.5 Å². The van der Waals surface area contributed by atoms with E-state index < -0.39 is 11.8 Å². The van der Waals surface area contributed by atoms with Crippen LogP contribution >= 0.6 is 0 Å². The smallest absolute Gasteiger partial charge is 0.313 e. The molecule has 0 bridgehead atoms. The zero-order valence-corrected chi connectivity index (χ0v) is 10.1. The highest BCUT2D eigenvalue weighted by molar-refractivity contribution is 6.39. The van der Waals surface area contributed by atoms with Crippen molar-refractivity contribution in [2.24, 2.45) is 0 Å². The molecule has 0 aliphatic heterocycles. The third-order valence-electron chi connectivity index (χ3n) is 2.55. The Kier molecular flexibility index (Phi) is 3.57. The summed E-state index contributed by atoms with van der Waals surface area (Å²) in [5.74, 6) is -1.27. The number of hydrogen-bond acceptors (Lipinski definition) is 2. The molecule has 0 saturated carbocycles. The number of likely N-dealkylation sites (N-methyl/N-ethyl adjacent to an activating group) is 1. The minimum Gasteiger partial charge on any atom is -0.348 e. The fourth-order valence-electron chi connectivity index (χ4n) is 1.70. The lowest BCUT2D eigenvalue weighted by Crippen LogP contribution is -2.35. The summed E-state index contributed by atoms with van der Waals surface area (Å²) in [7, 11) is 0. The minimum absolute atomic E-state index is 0.434. The molecule has 0 aliphatic rings. The van der Waals surface area contributed by atoms with Crippen molar-refractivity contribution in [3.8, 4) is 0 Å². The van der Waals surface area contributed by atoms with E-state index in [9.17, 15) is 9.59 Å². The lowest BCUT2D eigenvalue weighted by molar-refractivity contribution is -0.136. The predicted molar refractivity (Wildman–Crippen MR) is 71.3 cm³/mol. The van der Waals surface area contributed by atoms with Gasteiger partial charge in [-0.05, 0) is 29.8 Å². The Morgan fingerprint density at radius 1 is 1.00 bits per heavy atom. The van der Waals surface area contributed by atoms with Crippen LogP contribution in [-0.4, -0.2) is 18.4 Å². The van der Waals surface area contributed by atoms with Gasteiger partial charge in [0.15, 0.2) is 0 Å². The first-order valence-electron chi connectivity index (χ1n) is 5.78. The number of nitrogens with one attached hydrogen (secondary N) is 2. The van der Waals surface area contributed by atoms with E-state index in [1.54, 1.807) is 13.0 Å². The minimum atomic E-state index is -0.646. The van der Waals surface area contributed by atoms with Crippen LogP contribution in [-0.2, 0) is 9.59 Å². The van der Waals surface area contributed by atoms with Gasteiger partial charge >= 0.3 is 11.8 Å². The molecule has 0 atom stereocenters. The molecule has 0 aliphatic carbocycles. The van der Waals surface area contributed by atoms with Gasteiger partial charge in [-0.15, -0.1) is 0 Å². The van der Waals surface area contributed by atoms with Gasteiger partial charge < -0.3 is 10.6 Å². The summed E-state index contributed by atoms with van der Waals surface area (Å²) in [6, 6.07) is 13.4. The quantitative estimate of drug-likeness (QED) is 0.790. The first-order chi connectivity index (χ1) is 8.70. The number of rotatable bonds is 2. The summed E-state index contributed by atoms with van der Waals surface area (Å²) >= 11 is 0. The average molecular weight is 242 g/mol. The van der Waals surface area contributed by atoms with Gasteiger partial charge in [0, 0.05) is 12.2 Å². The monoisotopic (exact) mass is 242 g/mol. The van der Waals surface area contributed by atoms with Crippen LogP contribution in [0.1, 0.15) is 6.92 Å². The van der Waals surface area contributed by atoms with E-state index in [1.807, 2.05) is 36.4 Å². The lowest BCUT2D eigenvalue weighted by atomic mass is 10.1. The Hall–Kier alpha value is -2.36. The maximum atomic E-state index is 11.5. The molecule has 2 N–H and O–H groups in total. The van der Waals surface area contributed by atoms with Crippen molar-refractivity contribution in [3.05, 3.63) is 42.5 Å². The molecule has 0 saturated heterocycles. The second-order valence-electron chi connectivity index (χ2n) is 3.88. The van der Waals surface area contributed by atoms with Crippen LogP contribution in [0.2, 0.25) is 0 Å². The second-order valence-corrected chi connectivity index (χ2v) is 3.88. The van der Waals surface area contributed by atoms with Gasteiger partial charge in [0.05, 0.1) is 0 Å². The van der Waals surface area contributed by atoms with E-state index in [0.717, 1.165) is 10.8 Å². The third kappa shape index (κ3) is 2.66. The molecule has 0 fully saturated rings. The van der Waals surface area contributed by atoms with Crippen LogP contribution in [0.3, 0.4) is 0 Å². The largest absolute Gasteiger partial charge is 0.348 e. The molecule has 4 nitrogen and oxygen atoms in total. The van der Waals surface area contributed by atoms with Crippen molar-refractivity contribution in [1.82, 2.24) is 5.32 Å². The number of amides is 2. The van der Waals surface area contributed by atoms with Crippen LogP contribution in [0, 0.1) is 0 Å². The van der Waals surface area contributed by atoms with Gasteiger partial charge in [0.1, 0.15) is 0 Å². The highest BCUT2D eigenvalue weighted by Crippen LogP contribution is 2.18. The number of hydrogen-bond donors (Lipinski definition) is 2. The first-order valence-corrected chi connectivity index (χ1v) is 5.78. The second kappa shape index (κ2) is 5.31. The number of carbonyl (C=O) groups excluding carboxylic acids is 2. The molecule has 4 heteroatoms. The first kappa shape index (κ1) is 12.1. The van der Waals surface area contributed by atoms with Crippen LogP contribution in [0.4, 0.5) is 5.69 Å². The van der Waals surface area contributed by atoms with E-state index in [-0.39, 0.29) is 0 Å². The van der Waals surface area contributed by atoms with E-state index in [1.165, 1.54) is 0 Å². The average Bonchev–Trinajstić information content (AvgIpc) is 2.39. The van der Waals surface area contributed by atoms with Gasteiger partial charge in [-0.25, -0.2) is 0 Å². The van der Waals surface area contributed by atoms with Crippen molar-refractivity contribution in [1.29, 1.82) is 0 Å². The van der Waals surface area contributed by atoms with E-state index >= 15 is 0 Å². The summed E-state index contributed by atoms with van der Waals surface area (Å²) in [6.07, 6.45) is 0. The summed E-state index contributed by atoms with van der Waals surface area (Å²) in [5, 5.41) is 7.13. The lowest BCUT2D eigenvalue weighted by Gasteiger charge is -2.06. The van der Waals surface area contributed by atoms with Crippen molar-refractivity contribution >= 4 is 28.3 Å². The molecule has 2 aromatic carbocycles. The molecule has 0 unspecified atom stereocenters. The molecule has 0 spiro atoms. The Morgan fingerprint density at radius 2 is 1.72 bits per heavy atom. The molecule has 2 aromatic rings. The maximum absolute atomic E-state index is 11.5. The highest BCUT2D eigenvalue weighted by atomic mass is 16.2. The number of anilines is 1. The van der Waals surface area contributed by atoms with Crippen LogP contribution in [0.5, 0.6) is 0 Å². The van der Waals surface area contributed by atoms with Crippen molar-refractivity contribution in [2.45, 2.75) is 6.92 Å². The Morgan fingerprint density at radius 3 is 2.44 bits per heavy atom. The molecule has 18 heavy (non-hydrogen) atoms. The van der Waals surface area contributed by atoms with E-state index in [4.69, 9.17) is 0 Å². The zero-order chi connectivity index (χ0) is 13.0. The Bertz CT molecular complexity index is 593. The Balaban J connectivity index is 2.17. The summed E-state index contributed by atoms with van der Waals surface area (Å²) in [6.45, 7) is 2.20. The summed E-state index contributed by atoms with van der Waals surface area (Å²) in [5.41, 5.74) is 0.616.